The molecule has 0 spiro atoms. The second-order valence-electron chi connectivity index (χ2n) is 9.26. The molecular formula is C20H36O3. The van der Waals surface area contributed by atoms with E-state index in [2.05, 4.69) is 20.8 Å². The van der Waals surface area contributed by atoms with Gasteiger partial charge in [0.05, 0.1) is 5.60 Å². The van der Waals surface area contributed by atoms with Crippen LogP contribution >= 0.6 is 0 Å². The second-order valence-corrected chi connectivity index (χ2v) is 9.26. The standard InChI is InChI=1S/C20H36O3/c1-15(9-13-21)6-7-17-19(3)11-5-10-18(2,14-22)16(19)8-12-20(17,4)23/h13,15-17,22-23H,5-12,14H2,1-4H3/t15-,16+,17-,18+,19+,20-/m0/s1. The fraction of sp³-hybridized carbons (Fsp3) is 0.950. The fourth-order valence-electron chi connectivity index (χ4n) is 6.00. The first-order valence-corrected chi connectivity index (χ1v) is 9.46. The number of carbonyl (C=O) groups is 1. The van der Waals surface area contributed by atoms with Gasteiger partial charge in [0.15, 0.2) is 0 Å². The normalized spacial score (nSPS) is 45.3. The minimum Gasteiger partial charge on any atom is -0.396 e. The number of carbonyl (C=O) groups excluding carboxylic acids is 1. The van der Waals surface area contributed by atoms with Crippen LogP contribution < -0.4 is 0 Å². The van der Waals surface area contributed by atoms with Gasteiger partial charge in [0.2, 0.25) is 0 Å². The molecule has 0 amide bonds. The van der Waals surface area contributed by atoms with E-state index in [4.69, 9.17) is 0 Å². The van der Waals surface area contributed by atoms with Gasteiger partial charge in [0.25, 0.3) is 0 Å². The lowest BCUT2D eigenvalue weighted by Gasteiger charge is -2.61. The van der Waals surface area contributed by atoms with Crippen LogP contribution in [-0.4, -0.2) is 28.7 Å². The first-order chi connectivity index (χ1) is 10.7. The topological polar surface area (TPSA) is 57.5 Å². The molecule has 23 heavy (non-hydrogen) atoms. The summed E-state index contributed by atoms with van der Waals surface area (Å²) >= 11 is 0. The lowest BCUT2D eigenvalue weighted by atomic mass is 9.45. The molecule has 2 fully saturated rings. The van der Waals surface area contributed by atoms with Gasteiger partial charge in [-0.2, -0.15) is 0 Å². The van der Waals surface area contributed by atoms with Crippen molar-refractivity contribution in [2.24, 2.45) is 28.6 Å². The monoisotopic (exact) mass is 324 g/mol. The van der Waals surface area contributed by atoms with Gasteiger partial charge < -0.3 is 15.0 Å². The fourth-order valence-corrected chi connectivity index (χ4v) is 6.00. The Kier molecular flexibility index (Phi) is 5.62. The van der Waals surface area contributed by atoms with Crippen molar-refractivity contribution in [3.05, 3.63) is 0 Å². The third kappa shape index (κ3) is 3.51. The van der Waals surface area contributed by atoms with Crippen LogP contribution in [0.2, 0.25) is 0 Å². The highest BCUT2D eigenvalue weighted by Gasteiger charge is 2.58. The van der Waals surface area contributed by atoms with Crippen molar-refractivity contribution in [3.63, 3.8) is 0 Å². The van der Waals surface area contributed by atoms with Gasteiger partial charge in [-0.3, -0.25) is 0 Å². The average molecular weight is 325 g/mol. The molecule has 0 aromatic rings. The highest BCUT2D eigenvalue weighted by Crippen LogP contribution is 2.63. The van der Waals surface area contributed by atoms with Crippen LogP contribution in [0.3, 0.4) is 0 Å². The van der Waals surface area contributed by atoms with Crippen molar-refractivity contribution in [3.8, 4) is 0 Å². The van der Waals surface area contributed by atoms with E-state index in [0.29, 0.717) is 18.3 Å². The molecule has 2 N–H and O–H groups in total. The van der Waals surface area contributed by atoms with E-state index in [1.54, 1.807) is 0 Å². The smallest absolute Gasteiger partial charge is 0.120 e. The van der Waals surface area contributed by atoms with E-state index in [0.717, 1.165) is 51.2 Å². The van der Waals surface area contributed by atoms with Gasteiger partial charge in [-0.1, -0.05) is 27.2 Å². The van der Waals surface area contributed by atoms with Gasteiger partial charge in [-0.05, 0) is 74.0 Å². The number of hydrogen-bond donors (Lipinski definition) is 2. The zero-order valence-corrected chi connectivity index (χ0v) is 15.5. The van der Waals surface area contributed by atoms with Crippen molar-refractivity contribution in [2.75, 3.05) is 6.61 Å². The number of aliphatic hydroxyl groups excluding tert-OH is 1. The summed E-state index contributed by atoms with van der Waals surface area (Å²) in [5.41, 5.74) is -0.533. The molecule has 0 heterocycles. The van der Waals surface area contributed by atoms with Gasteiger partial charge in [0, 0.05) is 13.0 Å². The van der Waals surface area contributed by atoms with Crippen molar-refractivity contribution < 1.29 is 15.0 Å². The van der Waals surface area contributed by atoms with Gasteiger partial charge in [0.1, 0.15) is 6.29 Å². The highest BCUT2D eigenvalue weighted by molar-refractivity contribution is 5.49. The summed E-state index contributed by atoms with van der Waals surface area (Å²) < 4.78 is 0. The maximum atomic E-state index is 11.1. The van der Waals surface area contributed by atoms with Crippen LogP contribution in [-0.2, 0) is 4.79 Å². The quantitative estimate of drug-likeness (QED) is 0.727. The Morgan fingerprint density at radius 1 is 1.22 bits per heavy atom. The molecule has 0 unspecified atom stereocenters. The molecule has 0 radical (unpaired) electrons. The SMILES string of the molecule is C[C@H](CC=O)CC[C@H]1[C@]2(C)CCC[C@](C)(CO)[C@H]2CC[C@]1(C)O. The van der Waals surface area contributed by atoms with Crippen molar-refractivity contribution in [2.45, 2.75) is 84.7 Å². The number of rotatable bonds is 6. The molecule has 2 rings (SSSR count). The van der Waals surface area contributed by atoms with Crippen LogP contribution in [0.1, 0.15) is 79.1 Å². The summed E-state index contributed by atoms with van der Waals surface area (Å²) in [6, 6.07) is 0. The minimum absolute atomic E-state index is 0.00381. The Labute approximate surface area is 141 Å². The third-order valence-corrected chi connectivity index (χ3v) is 7.39. The first-order valence-electron chi connectivity index (χ1n) is 9.46. The van der Waals surface area contributed by atoms with Crippen molar-refractivity contribution >= 4 is 6.29 Å². The van der Waals surface area contributed by atoms with E-state index in [-0.39, 0.29) is 23.4 Å². The number of hydrogen-bond acceptors (Lipinski definition) is 3. The maximum absolute atomic E-state index is 11.1. The van der Waals surface area contributed by atoms with Crippen LogP contribution in [0.25, 0.3) is 0 Å². The van der Waals surface area contributed by atoms with Crippen LogP contribution in [0.4, 0.5) is 0 Å². The first kappa shape index (κ1) is 18.9. The molecule has 0 aliphatic heterocycles. The Morgan fingerprint density at radius 3 is 2.52 bits per heavy atom. The lowest BCUT2D eigenvalue weighted by Crippen LogP contribution is -2.58. The van der Waals surface area contributed by atoms with E-state index < -0.39 is 5.60 Å². The lowest BCUT2D eigenvalue weighted by molar-refractivity contribution is -0.180. The summed E-state index contributed by atoms with van der Waals surface area (Å²) in [6.45, 7) is 8.98. The van der Waals surface area contributed by atoms with Crippen molar-refractivity contribution in [1.82, 2.24) is 0 Å². The maximum Gasteiger partial charge on any atom is 0.120 e. The molecule has 134 valence electrons. The van der Waals surface area contributed by atoms with Crippen LogP contribution in [0.15, 0.2) is 0 Å². The molecule has 0 aromatic heterocycles. The number of fused-ring (bicyclic) bond motifs is 1. The summed E-state index contributed by atoms with van der Waals surface area (Å²) in [7, 11) is 0. The zero-order valence-electron chi connectivity index (χ0n) is 15.5. The summed E-state index contributed by atoms with van der Waals surface area (Å²) in [5.74, 6) is 1.13. The Balaban J connectivity index is 2.23. The van der Waals surface area contributed by atoms with Gasteiger partial charge >= 0.3 is 0 Å². The minimum atomic E-state index is -0.625. The number of aliphatic hydroxyl groups is 2. The number of aldehydes is 1. The van der Waals surface area contributed by atoms with E-state index in [1.165, 1.54) is 0 Å². The summed E-state index contributed by atoms with van der Waals surface area (Å²) in [6.07, 6.45) is 8.84. The molecule has 2 saturated carbocycles. The molecule has 3 heteroatoms. The highest BCUT2D eigenvalue weighted by atomic mass is 16.3. The molecule has 3 nitrogen and oxygen atoms in total. The molecule has 0 saturated heterocycles. The Morgan fingerprint density at radius 2 is 1.91 bits per heavy atom. The predicted molar refractivity (Wildman–Crippen MR) is 93.1 cm³/mol. The molecule has 2 aliphatic carbocycles. The molecule has 0 bridgehead atoms. The molecule has 2 aliphatic rings. The second kappa shape index (κ2) is 6.84. The average Bonchev–Trinajstić information content (AvgIpc) is 2.46. The van der Waals surface area contributed by atoms with E-state index in [9.17, 15) is 15.0 Å². The molecule has 6 atom stereocenters. The van der Waals surface area contributed by atoms with Gasteiger partial charge in [-0.25, -0.2) is 0 Å². The molecular weight excluding hydrogens is 288 g/mol. The Hall–Kier alpha value is -0.410. The van der Waals surface area contributed by atoms with Crippen LogP contribution in [0, 0.1) is 28.6 Å². The summed E-state index contributed by atoms with van der Waals surface area (Å²) in [4.78, 5) is 10.7. The Bertz CT molecular complexity index is 419. The predicted octanol–water partition coefficient (Wildman–Crippen LogP) is 3.96. The molecule has 0 aromatic carbocycles. The van der Waals surface area contributed by atoms with Crippen LogP contribution in [0.5, 0.6) is 0 Å². The largest absolute Gasteiger partial charge is 0.396 e. The third-order valence-electron chi connectivity index (χ3n) is 7.39. The van der Waals surface area contributed by atoms with E-state index >= 15 is 0 Å². The zero-order chi connectivity index (χ0) is 17.3. The van der Waals surface area contributed by atoms with Crippen molar-refractivity contribution in [1.29, 1.82) is 0 Å². The summed E-state index contributed by atoms with van der Waals surface area (Å²) in [5, 5.41) is 21.1. The van der Waals surface area contributed by atoms with E-state index in [1.807, 2.05) is 6.92 Å². The van der Waals surface area contributed by atoms with Gasteiger partial charge in [-0.15, -0.1) is 0 Å².